The number of hydrogen-bond acceptors (Lipinski definition) is 2. The first-order chi connectivity index (χ1) is 6.98. The van der Waals surface area contributed by atoms with Crippen LogP contribution in [0.5, 0.6) is 0 Å². The Kier molecular flexibility index (Phi) is 2.62. The summed E-state index contributed by atoms with van der Waals surface area (Å²) >= 11 is 2.85. The van der Waals surface area contributed by atoms with E-state index in [2.05, 4.69) is 20.9 Å². The van der Waals surface area contributed by atoms with Crippen LogP contribution in [0.4, 0.5) is 19.0 Å². The van der Waals surface area contributed by atoms with Crippen LogP contribution in [-0.4, -0.2) is 18.1 Å². The van der Waals surface area contributed by atoms with Gasteiger partial charge in [-0.05, 0) is 34.5 Å². The summed E-state index contributed by atoms with van der Waals surface area (Å²) in [4.78, 5) is 5.82. The molecule has 1 aromatic rings. The quantitative estimate of drug-likeness (QED) is 0.735. The van der Waals surface area contributed by atoms with Gasteiger partial charge >= 0.3 is 6.18 Å². The van der Waals surface area contributed by atoms with Crippen molar-refractivity contribution in [2.75, 3.05) is 18.0 Å². The molecule has 0 amide bonds. The molecule has 15 heavy (non-hydrogen) atoms. The van der Waals surface area contributed by atoms with Gasteiger partial charge in [-0.25, -0.2) is 4.98 Å². The van der Waals surface area contributed by atoms with E-state index in [1.807, 2.05) is 4.90 Å². The predicted molar refractivity (Wildman–Crippen MR) is 53.8 cm³/mol. The zero-order valence-electron chi connectivity index (χ0n) is 7.68. The molecule has 0 aliphatic carbocycles. The lowest BCUT2D eigenvalue weighted by atomic mass is 10.2. The second-order valence-corrected chi connectivity index (χ2v) is 4.10. The molecular formula is C9H8BrF3N2. The smallest absolute Gasteiger partial charge is 0.356 e. The van der Waals surface area contributed by atoms with E-state index in [1.165, 1.54) is 6.07 Å². The van der Waals surface area contributed by atoms with Crippen molar-refractivity contribution in [2.24, 2.45) is 0 Å². The molecule has 1 fully saturated rings. The maximum Gasteiger partial charge on any atom is 0.419 e. The summed E-state index contributed by atoms with van der Waals surface area (Å²) in [6, 6.07) is 2.47. The zero-order chi connectivity index (χ0) is 11.1. The topological polar surface area (TPSA) is 16.1 Å². The molecule has 1 aliphatic rings. The van der Waals surface area contributed by atoms with Gasteiger partial charge in [0.15, 0.2) is 0 Å². The summed E-state index contributed by atoms with van der Waals surface area (Å²) in [6.45, 7) is 1.73. The lowest BCUT2D eigenvalue weighted by molar-refractivity contribution is -0.138. The Labute approximate surface area is 93.2 Å². The molecule has 2 nitrogen and oxygen atoms in total. The first-order valence-corrected chi connectivity index (χ1v) is 5.26. The minimum atomic E-state index is -4.35. The summed E-state index contributed by atoms with van der Waals surface area (Å²) in [5, 5.41) is 0. The molecule has 0 bridgehead atoms. The molecule has 1 aliphatic heterocycles. The van der Waals surface area contributed by atoms with Crippen molar-refractivity contribution < 1.29 is 13.2 Å². The van der Waals surface area contributed by atoms with Crippen molar-refractivity contribution in [1.29, 1.82) is 0 Å². The van der Waals surface area contributed by atoms with Gasteiger partial charge in [-0.1, -0.05) is 0 Å². The van der Waals surface area contributed by atoms with Crippen molar-refractivity contribution in [2.45, 2.75) is 12.6 Å². The largest absolute Gasteiger partial charge is 0.419 e. The van der Waals surface area contributed by atoms with E-state index >= 15 is 0 Å². The van der Waals surface area contributed by atoms with E-state index in [0.29, 0.717) is 5.82 Å². The first kappa shape index (κ1) is 10.7. The Hall–Kier alpha value is -0.780. The van der Waals surface area contributed by atoms with Crippen LogP contribution in [0.1, 0.15) is 12.0 Å². The second-order valence-electron chi connectivity index (χ2n) is 3.35. The summed E-state index contributed by atoms with van der Waals surface area (Å²) in [5.41, 5.74) is -0.730. The monoisotopic (exact) mass is 280 g/mol. The Morgan fingerprint density at radius 2 is 1.93 bits per heavy atom. The third-order valence-corrected chi connectivity index (χ3v) is 2.92. The molecule has 1 saturated heterocycles. The third kappa shape index (κ3) is 2.09. The first-order valence-electron chi connectivity index (χ1n) is 4.47. The van der Waals surface area contributed by atoms with Crippen LogP contribution in [0.25, 0.3) is 0 Å². The predicted octanol–water partition coefficient (Wildman–Crippen LogP) is 3.07. The molecule has 1 aromatic heterocycles. The Bertz CT molecular complexity index is 374. The lowest BCUT2D eigenvalue weighted by Crippen LogP contribution is -2.37. The highest BCUT2D eigenvalue weighted by Crippen LogP contribution is 2.35. The van der Waals surface area contributed by atoms with E-state index in [4.69, 9.17) is 0 Å². The van der Waals surface area contributed by atoms with Crippen LogP contribution >= 0.6 is 15.9 Å². The molecule has 6 heteroatoms. The molecular weight excluding hydrogens is 273 g/mol. The fourth-order valence-electron chi connectivity index (χ4n) is 1.36. The summed E-state index contributed by atoms with van der Waals surface area (Å²) in [5.74, 6) is 0.598. The third-order valence-electron chi connectivity index (χ3n) is 2.32. The van der Waals surface area contributed by atoms with Crippen LogP contribution in [-0.2, 0) is 6.18 Å². The number of nitrogens with zero attached hydrogens (tertiary/aromatic N) is 2. The van der Waals surface area contributed by atoms with Crippen LogP contribution < -0.4 is 4.90 Å². The van der Waals surface area contributed by atoms with Crippen molar-refractivity contribution in [3.8, 4) is 0 Å². The van der Waals surface area contributed by atoms with Gasteiger partial charge in [-0.3, -0.25) is 0 Å². The van der Waals surface area contributed by atoms with Crippen LogP contribution in [0, 0.1) is 0 Å². The molecule has 0 N–H and O–H groups in total. The van der Waals surface area contributed by atoms with Crippen molar-refractivity contribution in [3.05, 3.63) is 22.3 Å². The highest BCUT2D eigenvalue weighted by atomic mass is 79.9. The molecule has 0 unspecified atom stereocenters. The highest BCUT2D eigenvalue weighted by molar-refractivity contribution is 9.10. The zero-order valence-corrected chi connectivity index (χ0v) is 9.27. The van der Waals surface area contributed by atoms with Gasteiger partial charge in [0.05, 0.1) is 5.56 Å². The summed E-state index contributed by atoms with van der Waals surface area (Å²) < 4.78 is 37.0. The molecule has 0 spiro atoms. The van der Waals surface area contributed by atoms with Gasteiger partial charge in [0.25, 0.3) is 0 Å². The number of pyridine rings is 1. The average Bonchev–Trinajstić information content (AvgIpc) is 1.97. The number of rotatable bonds is 1. The molecule has 2 heterocycles. The molecule has 0 atom stereocenters. The summed E-state index contributed by atoms with van der Waals surface area (Å²) in [7, 11) is 0. The van der Waals surface area contributed by atoms with Gasteiger partial charge < -0.3 is 4.90 Å². The van der Waals surface area contributed by atoms with Gasteiger partial charge in [0.1, 0.15) is 10.4 Å². The maximum absolute atomic E-state index is 12.4. The fourth-order valence-corrected chi connectivity index (χ4v) is 1.90. The van der Waals surface area contributed by atoms with E-state index < -0.39 is 11.7 Å². The van der Waals surface area contributed by atoms with Gasteiger partial charge in [-0.15, -0.1) is 0 Å². The van der Waals surface area contributed by atoms with Crippen molar-refractivity contribution in [1.82, 2.24) is 4.98 Å². The lowest BCUT2D eigenvalue weighted by Gasteiger charge is -2.32. The van der Waals surface area contributed by atoms with Crippen molar-refractivity contribution in [3.63, 3.8) is 0 Å². The summed E-state index contributed by atoms with van der Waals surface area (Å²) in [6.07, 6.45) is -3.28. The molecule has 82 valence electrons. The molecule has 0 radical (unpaired) electrons. The van der Waals surface area contributed by atoms with E-state index in [9.17, 15) is 13.2 Å². The van der Waals surface area contributed by atoms with E-state index in [1.54, 1.807) is 0 Å². The average molecular weight is 281 g/mol. The minimum Gasteiger partial charge on any atom is -0.356 e. The van der Waals surface area contributed by atoms with Crippen LogP contribution in [0.3, 0.4) is 0 Å². The van der Waals surface area contributed by atoms with Crippen LogP contribution in [0.2, 0.25) is 0 Å². The SMILES string of the molecule is FC(F)(F)c1ccc(N2CCC2)nc1Br. The number of anilines is 1. The standard InChI is InChI=1S/C9H8BrF3N2/c10-8-6(9(11,12)13)2-3-7(14-8)15-4-1-5-15/h2-3H,1,4-5H2. The van der Waals surface area contributed by atoms with Gasteiger partial charge in [0, 0.05) is 13.1 Å². The Morgan fingerprint density at radius 1 is 1.27 bits per heavy atom. The fraction of sp³-hybridized carbons (Fsp3) is 0.444. The molecule has 2 rings (SSSR count). The van der Waals surface area contributed by atoms with Crippen molar-refractivity contribution >= 4 is 21.7 Å². The minimum absolute atomic E-state index is 0.139. The highest BCUT2D eigenvalue weighted by Gasteiger charge is 2.34. The van der Waals surface area contributed by atoms with Gasteiger partial charge in [0.2, 0.25) is 0 Å². The number of halogens is 4. The number of aromatic nitrogens is 1. The molecule has 0 saturated carbocycles. The van der Waals surface area contributed by atoms with E-state index in [0.717, 1.165) is 25.6 Å². The Balaban J connectivity index is 2.30. The Morgan fingerprint density at radius 3 is 2.33 bits per heavy atom. The number of hydrogen-bond donors (Lipinski definition) is 0. The van der Waals surface area contributed by atoms with Gasteiger partial charge in [-0.2, -0.15) is 13.2 Å². The normalized spacial score (nSPS) is 16.4. The second kappa shape index (κ2) is 3.66. The maximum atomic E-state index is 12.4. The molecule has 0 aromatic carbocycles. The van der Waals surface area contributed by atoms with Crippen LogP contribution in [0.15, 0.2) is 16.7 Å². The van der Waals surface area contributed by atoms with E-state index in [-0.39, 0.29) is 4.60 Å². The number of alkyl halides is 3.